The van der Waals surface area contributed by atoms with Crippen molar-refractivity contribution < 1.29 is 12.6 Å². The molecular formula is C6H10N6O3S. The maximum atomic E-state index is 10.8. The summed E-state index contributed by atoms with van der Waals surface area (Å²) in [7, 11) is -3.46. The van der Waals surface area contributed by atoms with Gasteiger partial charge in [-0.2, -0.15) is 8.42 Å². The van der Waals surface area contributed by atoms with Gasteiger partial charge in [-0.1, -0.05) is 10.2 Å². The van der Waals surface area contributed by atoms with Gasteiger partial charge >= 0.3 is 0 Å². The lowest BCUT2D eigenvalue weighted by Gasteiger charge is -2.35. The van der Waals surface area contributed by atoms with Crippen LogP contribution in [-0.2, 0) is 14.3 Å². The predicted molar refractivity (Wildman–Crippen MR) is 54.5 cm³/mol. The van der Waals surface area contributed by atoms with Gasteiger partial charge in [-0.05, 0) is 29.8 Å². The highest BCUT2D eigenvalue weighted by molar-refractivity contribution is 7.86. The summed E-state index contributed by atoms with van der Waals surface area (Å²) in [6.07, 6.45) is 0.546. The third-order valence-electron chi connectivity index (χ3n) is 2.20. The SMILES string of the molecule is CS(=O)(=O)OC1CC(C(N=[N+]=[N-])N=[N+]=[N-])C1. The van der Waals surface area contributed by atoms with Gasteiger partial charge in [-0.15, -0.1) is 0 Å². The molecule has 10 heteroatoms. The Labute approximate surface area is 91.8 Å². The van der Waals surface area contributed by atoms with Gasteiger partial charge in [0.05, 0.1) is 12.4 Å². The lowest BCUT2D eigenvalue weighted by atomic mass is 9.80. The van der Waals surface area contributed by atoms with E-state index in [0.29, 0.717) is 12.8 Å². The largest absolute Gasteiger partial charge is 0.267 e. The van der Waals surface area contributed by atoms with Crippen LogP contribution < -0.4 is 0 Å². The maximum Gasteiger partial charge on any atom is 0.264 e. The standard InChI is InChI=1S/C6H10N6O3S/c1-16(13,14)15-5-2-4(3-5)6(9-11-7)10-12-8/h4-6H,2-3H2,1H3. The van der Waals surface area contributed by atoms with Crippen LogP contribution in [0.25, 0.3) is 20.9 Å². The molecule has 1 saturated carbocycles. The highest BCUT2D eigenvalue weighted by Gasteiger charge is 2.36. The number of rotatable bonds is 5. The monoisotopic (exact) mass is 246 g/mol. The normalized spacial score (nSPS) is 25.8. The molecule has 0 aromatic carbocycles. The summed E-state index contributed by atoms with van der Waals surface area (Å²) >= 11 is 0. The number of nitrogens with zero attached hydrogens (tertiary/aromatic N) is 6. The first kappa shape index (κ1) is 12.6. The second-order valence-electron chi connectivity index (χ2n) is 3.48. The van der Waals surface area contributed by atoms with Crippen molar-refractivity contribution in [1.29, 1.82) is 0 Å². The molecule has 0 aromatic rings. The van der Waals surface area contributed by atoms with Crippen LogP contribution in [0.4, 0.5) is 0 Å². The zero-order chi connectivity index (χ0) is 12.2. The molecule has 1 aliphatic carbocycles. The molecule has 0 radical (unpaired) electrons. The van der Waals surface area contributed by atoms with E-state index in [1.165, 1.54) is 0 Å². The fourth-order valence-electron chi connectivity index (χ4n) is 1.49. The minimum absolute atomic E-state index is 0.154. The Morgan fingerprint density at radius 3 is 2.19 bits per heavy atom. The Kier molecular flexibility index (Phi) is 3.97. The Morgan fingerprint density at radius 1 is 1.31 bits per heavy atom. The first-order chi connectivity index (χ1) is 7.46. The van der Waals surface area contributed by atoms with Crippen LogP contribution in [0.3, 0.4) is 0 Å². The second kappa shape index (κ2) is 5.04. The summed E-state index contributed by atoms with van der Waals surface area (Å²) in [4.78, 5) is 5.12. The van der Waals surface area contributed by atoms with Gasteiger partial charge in [0.2, 0.25) is 0 Å². The molecule has 0 saturated heterocycles. The van der Waals surface area contributed by atoms with Crippen LogP contribution in [0.5, 0.6) is 0 Å². The van der Waals surface area contributed by atoms with Crippen molar-refractivity contribution in [1.82, 2.24) is 0 Å². The van der Waals surface area contributed by atoms with E-state index in [1.54, 1.807) is 0 Å². The molecule has 1 rings (SSSR count). The van der Waals surface area contributed by atoms with E-state index in [4.69, 9.17) is 15.2 Å². The molecule has 0 aromatic heterocycles. The van der Waals surface area contributed by atoms with Gasteiger partial charge in [-0.25, -0.2) is 0 Å². The molecule has 0 atom stereocenters. The van der Waals surface area contributed by atoms with Crippen molar-refractivity contribution in [2.45, 2.75) is 25.1 Å². The van der Waals surface area contributed by atoms with Crippen molar-refractivity contribution in [2.75, 3.05) is 6.26 Å². The molecule has 9 nitrogen and oxygen atoms in total. The molecule has 88 valence electrons. The summed E-state index contributed by atoms with van der Waals surface area (Å²) in [5.74, 6) is -0.154. The van der Waals surface area contributed by atoms with Crippen LogP contribution >= 0.6 is 0 Å². The van der Waals surface area contributed by atoms with Crippen LogP contribution in [0.2, 0.25) is 0 Å². The van der Waals surface area contributed by atoms with Crippen LogP contribution in [0.1, 0.15) is 12.8 Å². The molecule has 0 amide bonds. The molecule has 0 heterocycles. The summed E-state index contributed by atoms with van der Waals surface area (Å²) in [6.45, 7) is 0. The van der Waals surface area contributed by atoms with Gasteiger partial charge in [0.25, 0.3) is 10.1 Å². The molecular weight excluding hydrogens is 236 g/mol. The second-order valence-corrected chi connectivity index (χ2v) is 5.08. The molecule has 0 bridgehead atoms. The van der Waals surface area contributed by atoms with Crippen molar-refractivity contribution in [3.63, 3.8) is 0 Å². The third kappa shape index (κ3) is 3.59. The number of hydrogen-bond acceptors (Lipinski definition) is 5. The topological polar surface area (TPSA) is 141 Å². The summed E-state index contributed by atoms with van der Waals surface area (Å²) in [6, 6.07) is 0. The first-order valence-corrected chi connectivity index (χ1v) is 6.24. The average Bonchev–Trinajstić information content (AvgIpc) is 2.09. The van der Waals surface area contributed by atoms with E-state index in [0.717, 1.165) is 6.26 Å². The predicted octanol–water partition coefficient (Wildman–Crippen LogP) is 1.69. The van der Waals surface area contributed by atoms with Gasteiger partial charge in [0.15, 0.2) is 0 Å². The lowest BCUT2D eigenvalue weighted by Crippen LogP contribution is -2.38. The molecule has 1 fully saturated rings. The van der Waals surface area contributed by atoms with E-state index < -0.39 is 22.4 Å². The van der Waals surface area contributed by atoms with Crippen molar-refractivity contribution in [3.05, 3.63) is 20.9 Å². The number of hydrogen-bond donors (Lipinski definition) is 0. The van der Waals surface area contributed by atoms with Crippen molar-refractivity contribution >= 4 is 10.1 Å². The third-order valence-corrected chi connectivity index (χ3v) is 2.83. The smallest absolute Gasteiger partial charge is 0.264 e. The van der Waals surface area contributed by atoms with Gasteiger partial charge in [-0.3, -0.25) is 4.18 Å². The van der Waals surface area contributed by atoms with Crippen molar-refractivity contribution in [2.24, 2.45) is 16.1 Å². The zero-order valence-electron chi connectivity index (χ0n) is 8.46. The summed E-state index contributed by atoms with van der Waals surface area (Å²) in [5, 5.41) is 6.64. The minimum Gasteiger partial charge on any atom is -0.267 e. The lowest BCUT2D eigenvalue weighted by molar-refractivity contribution is 0.0592. The number of azide groups is 1. The molecule has 0 spiro atoms. The van der Waals surface area contributed by atoms with Crippen molar-refractivity contribution in [3.8, 4) is 0 Å². The average molecular weight is 246 g/mol. The van der Waals surface area contributed by atoms with Gasteiger partial charge < -0.3 is 0 Å². The first-order valence-electron chi connectivity index (χ1n) is 4.43. The highest BCUT2D eigenvalue weighted by Crippen LogP contribution is 2.35. The molecule has 1 aliphatic rings. The van der Waals surface area contributed by atoms with Crippen LogP contribution in [0.15, 0.2) is 10.2 Å². The molecule has 0 aliphatic heterocycles. The van der Waals surface area contributed by atoms with Crippen LogP contribution in [0, 0.1) is 5.92 Å². The highest BCUT2D eigenvalue weighted by atomic mass is 32.2. The zero-order valence-corrected chi connectivity index (χ0v) is 9.28. The van der Waals surface area contributed by atoms with E-state index in [9.17, 15) is 8.42 Å². The quantitative estimate of drug-likeness (QED) is 0.315. The fraction of sp³-hybridized carbons (Fsp3) is 1.00. The Hall–Kier alpha value is -1.47. The molecule has 0 unspecified atom stereocenters. The summed E-state index contributed by atoms with van der Waals surface area (Å²) < 4.78 is 26.3. The van der Waals surface area contributed by atoms with Crippen LogP contribution in [-0.4, -0.2) is 26.9 Å². The van der Waals surface area contributed by atoms with E-state index in [2.05, 4.69) is 20.1 Å². The van der Waals surface area contributed by atoms with E-state index in [1.807, 2.05) is 0 Å². The van der Waals surface area contributed by atoms with Gasteiger partial charge in [0.1, 0.15) is 6.17 Å². The summed E-state index contributed by atoms with van der Waals surface area (Å²) in [5.41, 5.74) is 16.5. The Balaban J connectivity index is 2.50. The molecule has 16 heavy (non-hydrogen) atoms. The minimum atomic E-state index is -3.46. The Bertz CT molecular complexity index is 425. The maximum absolute atomic E-state index is 10.8. The van der Waals surface area contributed by atoms with Gasteiger partial charge in [0, 0.05) is 9.82 Å². The van der Waals surface area contributed by atoms with E-state index in [-0.39, 0.29) is 5.92 Å². The Morgan fingerprint density at radius 2 is 1.81 bits per heavy atom. The molecule has 0 N–H and O–H groups in total. The fourth-order valence-corrected chi connectivity index (χ4v) is 2.14. The van der Waals surface area contributed by atoms with E-state index >= 15 is 0 Å².